The maximum absolute atomic E-state index is 4.67. The lowest BCUT2D eigenvalue weighted by Crippen LogP contribution is -2.21. The molecular formula is C16H30N4. The zero-order valence-corrected chi connectivity index (χ0v) is 13.7. The lowest BCUT2D eigenvalue weighted by atomic mass is 10.0. The van der Waals surface area contributed by atoms with Gasteiger partial charge in [0, 0.05) is 25.1 Å². The highest BCUT2D eigenvalue weighted by Crippen LogP contribution is 2.22. The summed E-state index contributed by atoms with van der Waals surface area (Å²) in [5, 5.41) is 6.81. The number of unbranched alkanes of at least 4 members (excludes halogenated alkanes) is 1. The van der Waals surface area contributed by atoms with Crippen LogP contribution in [0.3, 0.4) is 0 Å². The molecule has 0 aromatic carbocycles. The molecule has 1 heterocycles. The van der Waals surface area contributed by atoms with Crippen LogP contribution in [0, 0.1) is 6.92 Å². The van der Waals surface area contributed by atoms with Crippen molar-refractivity contribution >= 4 is 11.6 Å². The second kappa shape index (κ2) is 8.77. The van der Waals surface area contributed by atoms with Gasteiger partial charge in [-0.05, 0) is 19.8 Å². The number of aryl methyl sites for hydroxylation is 1. The summed E-state index contributed by atoms with van der Waals surface area (Å²) in [6.07, 6.45) is 6.97. The molecule has 0 aliphatic heterocycles. The zero-order valence-electron chi connectivity index (χ0n) is 13.7. The minimum atomic E-state index is 0.517. The normalized spacial score (nSPS) is 12.2. The maximum Gasteiger partial charge on any atom is 0.134 e. The van der Waals surface area contributed by atoms with Gasteiger partial charge in [0.25, 0.3) is 0 Å². The van der Waals surface area contributed by atoms with Gasteiger partial charge in [-0.3, -0.25) is 0 Å². The molecule has 1 aromatic rings. The van der Waals surface area contributed by atoms with Gasteiger partial charge in [-0.2, -0.15) is 0 Å². The van der Waals surface area contributed by atoms with Crippen molar-refractivity contribution in [2.45, 2.75) is 72.3 Å². The molecule has 0 amide bonds. The Bertz CT molecular complexity index is 404. The standard InChI is InChI=1S/C16H30N4/c1-6-9-11-13(10-7-2)18-16-12(4)15(17-5)19-14(8-3)20-16/h13H,6-11H2,1-5H3,(H2,17,18,19,20). The molecule has 114 valence electrons. The largest absolute Gasteiger partial charge is 0.373 e. The van der Waals surface area contributed by atoms with Gasteiger partial charge in [0.05, 0.1) is 0 Å². The molecule has 4 heteroatoms. The second-order valence-corrected chi connectivity index (χ2v) is 5.34. The Labute approximate surface area is 123 Å². The Kier molecular flexibility index (Phi) is 7.34. The summed E-state index contributed by atoms with van der Waals surface area (Å²) in [4.78, 5) is 9.19. The smallest absolute Gasteiger partial charge is 0.134 e. The van der Waals surface area contributed by atoms with E-state index in [1.807, 2.05) is 7.05 Å². The van der Waals surface area contributed by atoms with Crippen molar-refractivity contribution in [3.8, 4) is 0 Å². The molecule has 1 atom stereocenters. The zero-order chi connectivity index (χ0) is 15.0. The van der Waals surface area contributed by atoms with E-state index in [2.05, 4.69) is 48.3 Å². The predicted octanol–water partition coefficient (Wildman–Crippen LogP) is 4.16. The first-order valence-corrected chi connectivity index (χ1v) is 7.97. The molecule has 0 saturated heterocycles. The molecule has 1 aromatic heterocycles. The van der Waals surface area contributed by atoms with Crippen molar-refractivity contribution in [1.82, 2.24) is 9.97 Å². The van der Waals surface area contributed by atoms with Gasteiger partial charge in [0.15, 0.2) is 0 Å². The van der Waals surface area contributed by atoms with Gasteiger partial charge < -0.3 is 10.6 Å². The molecule has 0 aliphatic rings. The quantitative estimate of drug-likeness (QED) is 0.712. The summed E-state index contributed by atoms with van der Waals surface area (Å²) < 4.78 is 0. The van der Waals surface area contributed by atoms with Gasteiger partial charge in [0.1, 0.15) is 17.5 Å². The summed E-state index contributed by atoms with van der Waals surface area (Å²) in [7, 11) is 1.92. The van der Waals surface area contributed by atoms with Gasteiger partial charge in [-0.25, -0.2) is 9.97 Å². The Hall–Kier alpha value is -1.32. The molecule has 20 heavy (non-hydrogen) atoms. The highest BCUT2D eigenvalue weighted by atomic mass is 15.1. The van der Waals surface area contributed by atoms with Crippen LogP contribution in [0.5, 0.6) is 0 Å². The van der Waals surface area contributed by atoms with E-state index in [-0.39, 0.29) is 0 Å². The van der Waals surface area contributed by atoms with E-state index in [4.69, 9.17) is 0 Å². The highest BCUT2D eigenvalue weighted by Gasteiger charge is 2.13. The lowest BCUT2D eigenvalue weighted by Gasteiger charge is -2.21. The van der Waals surface area contributed by atoms with Gasteiger partial charge in [0.2, 0.25) is 0 Å². The molecule has 0 fully saturated rings. The molecule has 4 nitrogen and oxygen atoms in total. The first kappa shape index (κ1) is 16.7. The molecule has 0 saturated carbocycles. The molecule has 1 unspecified atom stereocenters. The van der Waals surface area contributed by atoms with Crippen LogP contribution in [0.25, 0.3) is 0 Å². The molecule has 0 bridgehead atoms. The third-order valence-corrected chi connectivity index (χ3v) is 3.63. The average Bonchev–Trinajstić information content (AvgIpc) is 2.46. The van der Waals surface area contributed by atoms with Crippen molar-refractivity contribution in [2.24, 2.45) is 0 Å². The predicted molar refractivity (Wildman–Crippen MR) is 87.5 cm³/mol. The van der Waals surface area contributed by atoms with Gasteiger partial charge in [-0.1, -0.05) is 40.0 Å². The summed E-state index contributed by atoms with van der Waals surface area (Å²) in [6.45, 7) is 8.65. The monoisotopic (exact) mass is 278 g/mol. The van der Waals surface area contributed by atoms with Crippen molar-refractivity contribution in [1.29, 1.82) is 0 Å². The number of aromatic nitrogens is 2. The number of hydrogen-bond donors (Lipinski definition) is 2. The summed E-state index contributed by atoms with van der Waals surface area (Å²) in [5.74, 6) is 2.83. The first-order valence-electron chi connectivity index (χ1n) is 7.97. The Morgan fingerprint density at radius 2 is 1.70 bits per heavy atom. The van der Waals surface area contributed by atoms with E-state index < -0.39 is 0 Å². The molecule has 0 spiro atoms. The SMILES string of the molecule is CCCCC(CCC)Nc1nc(CC)nc(NC)c1C. The fourth-order valence-corrected chi connectivity index (χ4v) is 2.39. The summed E-state index contributed by atoms with van der Waals surface area (Å²) in [5.41, 5.74) is 1.11. The highest BCUT2D eigenvalue weighted by molar-refractivity contribution is 5.57. The Morgan fingerprint density at radius 1 is 1.00 bits per heavy atom. The first-order chi connectivity index (χ1) is 9.65. The topological polar surface area (TPSA) is 49.8 Å². The Morgan fingerprint density at radius 3 is 2.25 bits per heavy atom. The van der Waals surface area contributed by atoms with Crippen LogP contribution in [0.2, 0.25) is 0 Å². The third-order valence-electron chi connectivity index (χ3n) is 3.63. The van der Waals surface area contributed by atoms with Crippen molar-refractivity contribution < 1.29 is 0 Å². The van der Waals surface area contributed by atoms with Crippen LogP contribution < -0.4 is 10.6 Å². The lowest BCUT2D eigenvalue weighted by molar-refractivity contribution is 0.562. The van der Waals surface area contributed by atoms with Crippen molar-refractivity contribution in [3.05, 3.63) is 11.4 Å². The summed E-state index contributed by atoms with van der Waals surface area (Å²) in [6, 6.07) is 0.517. The average molecular weight is 278 g/mol. The van der Waals surface area contributed by atoms with E-state index in [1.165, 1.54) is 32.1 Å². The van der Waals surface area contributed by atoms with Crippen LogP contribution in [0.4, 0.5) is 11.6 Å². The van der Waals surface area contributed by atoms with Crippen LogP contribution in [0.1, 0.15) is 64.3 Å². The minimum Gasteiger partial charge on any atom is -0.373 e. The van der Waals surface area contributed by atoms with Gasteiger partial charge in [-0.15, -0.1) is 0 Å². The van der Waals surface area contributed by atoms with E-state index >= 15 is 0 Å². The van der Waals surface area contributed by atoms with E-state index in [9.17, 15) is 0 Å². The van der Waals surface area contributed by atoms with Crippen LogP contribution in [-0.2, 0) is 6.42 Å². The Balaban J connectivity index is 2.92. The van der Waals surface area contributed by atoms with Crippen molar-refractivity contribution in [2.75, 3.05) is 17.7 Å². The second-order valence-electron chi connectivity index (χ2n) is 5.34. The maximum atomic E-state index is 4.67. The van der Waals surface area contributed by atoms with E-state index in [0.717, 1.165) is 29.4 Å². The molecule has 2 N–H and O–H groups in total. The number of nitrogens with one attached hydrogen (secondary N) is 2. The fourth-order valence-electron chi connectivity index (χ4n) is 2.39. The molecular weight excluding hydrogens is 248 g/mol. The number of rotatable bonds is 9. The van der Waals surface area contributed by atoms with Crippen LogP contribution in [-0.4, -0.2) is 23.1 Å². The van der Waals surface area contributed by atoms with Crippen LogP contribution in [0.15, 0.2) is 0 Å². The number of nitrogens with zero attached hydrogens (tertiary/aromatic N) is 2. The summed E-state index contributed by atoms with van der Waals surface area (Å²) >= 11 is 0. The minimum absolute atomic E-state index is 0.517. The third kappa shape index (κ3) is 4.66. The molecule has 0 radical (unpaired) electrons. The van der Waals surface area contributed by atoms with E-state index in [0.29, 0.717) is 6.04 Å². The van der Waals surface area contributed by atoms with Crippen molar-refractivity contribution in [3.63, 3.8) is 0 Å². The van der Waals surface area contributed by atoms with Crippen LogP contribution >= 0.6 is 0 Å². The number of anilines is 2. The van der Waals surface area contributed by atoms with E-state index in [1.54, 1.807) is 0 Å². The molecule has 1 rings (SSSR count). The molecule has 0 aliphatic carbocycles. The van der Waals surface area contributed by atoms with Gasteiger partial charge >= 0.3 is 0 Å². The number of hydrogen-bond acceptors (Lipinski definition) is 4. The fraction of sp³-hybridized carbons (Fsp3) is 0.750.